The molecule has 9 nitrogen and oxygen atoms in total. The second kappa shape index (κ2) is 10.1. The monoisotopic (exact) mass is 497 g/mol. The summed E-state index contributed by atoms with van der Waals surface area (Å²) in [6, 6.07) is 14.4. The molecule has 3 rings (SSSR count). The molecular weight excluding hydrogens is 470 g/mol. The third-order valence-electron chi connectivity index (χ3n) is 5.44. The summed E-state index contributed by atoms with van der Waals surface area (Å²) in [6.07, 6.45) is 0. The van der Waals surface area contributed by atoms with Gasteiger partial charge in [0.05, 0.1) is 29.0 Å². The van der Waals surface area contributed by atoms with Crippen LogP contribution in [-0.4, -0.2) is 32.9 Å². The van der Waals surface area contributed by atoms with E-state index in [1.165, 1.54) is 38.3 Å². The van der Waals surface area contributed by atoms with Crippen LogP contribution in [0.25, 0.3) is 0 Å². The number of nitro benzene ring substituents is 1. The molecule has 0 bridgehead atoms. The number of anilines is 2. The van der Waals surface area contributed by atoms with Gasteiger partial charge in [0.25, 0.3) is 15.7 Å². The van der Waals surface area contributed by atoms with E-state index in [0.717, 1.165) is 15.4 Å². The van der Waals surface area contributed by atoms with Gasteiger partial charge < -0.3 is 10.1 Å². The van der Waals surface area contributed by atoms with Gasteiger partial charge in [-0.05, 0) is 74.7 Å². The van der Waals surface area contributed by atoms with E-state index in [1.54, 1.807) is 31.2 Å². The van der Waals surface area contributed by atoms with Crippen LogP contribution in [0, 0.1) is 37.8 Å². The summed E-state index contributed by atoms with van der Waals surface area (Å²) in [7, 11) is -2.86. The van der Waals surface area contributed by atoms with Crippen molar-refractivity contribution in [3.63, 3.8) is 0 Å². The number of hydrogen-bond acceptors (Lipinski definition) is 6. The first-order chi connectivity index (χ1) is 16.4. The zero-order valence-electron chi connectivity index (χ0n) is 20.2. The van der Waals surface area contributed by atoms with Crippen molar-refractivity contribution < 1.29 is 22.9 Å². The molecule has 0 saturated carbocycles. The molecule has 0 aliphatic carbocycles. The maximum atomic E-state index is 13.9. The predicted octanol–water partition coefficient (Wildman–Crippen LogP) is 4.67. The summed E-state index contributed by atoms with van der Waals surface area (Å²) < 4.78 is 34.0. The number of nitrogens with zero attached hydrogens (tertiary/aromatic N) is 2. The van der Waals surface area contributed by atoms with Crippen LogP contribution in [0.4, 0.5) is 17.1 Å². The molecule has 0 atom stereocenters. The largest absolute Gasteiger partial charge is 0.495 e. The Morgan fingerprint density at radius 3 is 2.26 bits per heavy atom. The smallest absolute Gasteiger partial charge is 0.274 e. The first kappa shape index (κ1) is 25.7. The predicted molar refractivity (Wildman–Crippen MR) is 135 cm³/mol. The Labute approximate surface area is 204 Å². The molecule has 0 aromatic heterocycles. The second-order valence-corrected chi connectivity index (χ2v) is 10.1. The molecule has 184 valence electrons. The minimum absolute atomic E-state index is 0.0708. The van der Waals surface area contributed by atoms with Gasteiger partial charge in [-0.15, -0.1) is 0 Å². The number of methoxy groups -OCH3 is 1. The SMILES string of the molecule is COc1ccc(C)cc1S(=O)(=O)N(CC(=O)Nc1cccc([N+](=O)[O-])c1C)c1cc(C)cc(C)c1. The summed E-state index contributed by atoms with van der Waals surface area (Å²) in [4.78, 5) is 23.7. The molecule has 1 amide bonds. The van der Waals surface area contributed by atoms with E-state index in [0.29, 0.717) is 11.3 Å². The number of carbonyl (C=O) groups excluding carboxylic acids is 1. The highest BCUT2D eigenvalue weighted by atomic mass is 32.2. The molecule has 3 aromatic carbocycles. The van der Waals surface area contributed by atoms with E-state index in [2.05, 4.69) is 5.32 Å². The number of aryl methyl sites for hydroxylation is 3. The van der Waals surface area contributed by atoms with Crippen molar-refractivity contribution in [1.82, 2.24) is 0 Å². The van der Waals surface area contributed by atoms with Crippen LogP contribution in [-0.2, 0) is 14.8 Å². The summed E-state index contributed by atoms with van der Waals surface area (Å²) in [5.74, 6) is -0.497. The van der Waals surface area contributed by atoms with Crippen molar-refractivity contribution >= 4 is 33.0 Å². The number of ether oxygens (including phenoxy) is 1. The molecule has 1 N–H and O–H groups in total. The summed E-state index contributed by atoms with van der Waals surface area (Å²) in [5.41, 5.74) is 3.03. The van der Waals surface area contributed by atoms with E-state index in [9.17, 15) is 23.3 Å². The molecule has 0 unspecified atom stereocenters. The Hall–Kier alpha value is -3.92. The average Bonchev–Trinajstić information content (AvgIpc) is 2.77. The number of hydrogen-bond donors (Lipinski definition) is 1. The molecule has 0 spiro atoms. The maximum Gasteiger partial charge on any atom is 0.274 e. The normalized spacial score (nSPS) is 11.1. The van der Waals surface area contributed by atoms with Crippen LogP contribution in [0.15, 0.2) is 59.5 Å². The van der Waals surface area contributed by atoms with E-state index in [1.807, 2.05) is 19.9 Å². The second-order valence-electron chi connectivity index (χ2n) is 8.27. The average molecular weight is 498 g/mol. The Morgan fingerprint density at radius 2 is 1.66 bits per heavy atom. The van der Waals surface area contributed by atoms with E-state index >= 15 is 0 Å². The van der Waals surface area contributed by atoms with Crippen molar-refractivity contribution in [2.45, 2.75) is 32.6 Å². The third kappa shape index (κ3) is 5.60. The van der Waals surface area contributed by atoms with Crippen molar-refractivity contribution in [3.05, 3.63) is 87.0 Å². The van der Waals surface area contributed by atoms with Crippen molar-refractivity contribution in [2.24, 2.45) is 0 Å². The fourth-order valence-corrected chi connectivity index (χ4v) is 5.44. The minimum Gasteiger partial charge on any atom is -0.495 e. The first-order valence-electron chi connectivity index (χ1n) is 10.7. The lowest BCUT2D eigenvalue weighted by Gasteiger charge is -2.26. The van der Waals surface area contributed by atoms with Crippen LogP contribution in [0.2, 0.25) is 0 Å². The topological polar surface area (TPSA) is 119 Å². The standard InChI is InChI=1S/C25H27N3O6S/c1-16-9-10-23(34-5)24(14-16)35(32,33)27(20-12-17(2)11-18(3)13-20)15-25(29)26-21-7-6-8-22(19(21)4)28(30)31/h6-14H,15H2,1-5H3,(H,26,29). The maximum absolute atomic E-state index is 13.9. The van der Waals surface area contributed by atoms with E-state index in [4.69, 9.17) is 4.74 Å². The molecule has 0 fully saturated rings. The van der Waals surface area contributed by atoms with Crippen LogP contribution < -0.4 is 14.4 Å². The van der Waals surface area contributed by atoms with Gasteiger partial charge in [-0.3, -0.25) is 19.2 Å². The van der Waals surface area contributed by atoms with Crippen molar-refractivity contribution in [3.8, 4) is 5.75 Å². The number of carbonyl (C=O) groups is 1. The molecule has 0 saturated heterocycles. The van der Waals surface area contributed by atoms with Crippen LogP contribution in [0.5, 0.6) is 5.75 Å². The molecule has 35 heavy (non-hydrogen) atoms. The molecule has 3 aromatic rings. The van der Waals surface area contributed by atoms with Gasteiger partial charge in [0, 0.05) is 6.07 Å². The van der Waals surface area contributed by atoms with E-state index in [-0.39, 0.29) is 27.6 Å². The Balaban J connectivity index is 2.07. The summed E-state index contributed by atoms with van der Waals surface area (Å²) in [6.45, 7) is 6.40. The zero-order chi connectivity index (χ0) is 25.9. The summed E-state index contributed by atoms with van der Waals surface area (Å²) in [5, 5.41) is 13.9. The number of sulfonamides is 1. The van der Waals surface area contributed by atoms with Gasteiger partial charge in [-0.25, -0.2) is 8.42 Å². The Morgan fingerprint density at radius 1 is 1.00 bits per heavy atom. The van der Waals surface area contributed by atoms with Crippen LogP contribution >= 0.6 is 0 Å². The number of nitro groups is 1. The first-order valence-corrected chi connectivity index (χ1v) is 12.2. The van der Waals surface area contributed by atoms with Gasteiger partial charge in [0.15, 0.2) is 0 Å². The molecule has 0 heterocycles. The number of nitrogens with one attached hydrogen (secondary N) is 1. The van der Waals surface area contributed by atoms with Crippen molar-refractivity contribution in [2.75, 3.05) is 23.3 Å². The van der Waals surface area contributed by atoms with Gasteiger partial charge in [0.2, 0.25) is 5.91 Å². The van der Waals surface area contributed by atoms with Crippen molar-refractivity contribution in [1.29, 1.82) is 0 Å². The highest BCUT2D eigenvalue weighted by molar-refractivity contribution is 7.93. The molecular formula is C25H27N3O6S. The highest BCUT2D eigenvalue weighted by Crippen LogP contribution is 2.32. The van der Waals surface area contributed by atoms with Gasteiger partial charge in [0.1, 0.15) is 17.2 Å². The minimum atomic E-state index is -4.23. The van der Waals surface area contributed by atoms with E-state index < -0.39 is 27.4 Å². The van der Waals surface area contributed by atoms with Gasteiger partial charge in [-0.2, -0.15) is 0 Å². The fraction of sp³-hybridized carbons (Fsp3) is 0.240. The molecule has 0 aliphatic rings. The molecule has 0 radical (unpaired) electrons. The number of benzene rings is 3. The Bertz CT molecular complexity index is 1380. The zero-order valence-corrected chi connectivity index (χ0v) is 21.0. The lowest BCUT2D eigenvalue weighted by atomic mass is 10.1. The molecule has 10 heteroatoms. The third-order valence-corrected chi connectivity index (χ3v) is 7.24. The quantitative estimate of drug-likeness (QED) is 0.357. The number of amides is 1. The van der Waals surface area contributed by atoms with Crippen LogP contribution in [0.1, 0.15) is 22.3 Å². The highest BCUT2D eigenvalue weighted by Gasteiger charge is 2.31. The Kier molecular flexibility index (Phi) is 7.45. The lowest BCUT2D eigenvalue weighted by molar-refractivity contribution is -0.385. The van der Waals surface area contributed by atoms with Gasteiger partial charge >= 0.3 is 0 Å². The summed E-state index contributed by atoms with van der Waals surface area (Å²) >= 11 is 0. The number of rotatable bonds is 8. The van der Waals surface area contributed by atoms with Gasteiger partial charge in [-0.1, -0.05) is 18.2 Å². The lowest BCUT2D eigenvalue weighted by Crippen LogP contribution is -2.38. The fourth-order valence-electron chi connectivity index (χ4n) is 3.79. The molecule has 0 aliphatic heterocycles. The van der Waals surface area contributed by atoms with Crippen LogP contribution in [0.3, 0.4) is 0 Å².